The Kier molecular flexibility index (Phi) is 4.77. The smallest absolute Gasteiger partial charge is 0.328 e. The Bertz CT molecular complexity index is 349. The van der Waals surface area contributed by atoms with Crippen LogP contribution in [0, 0.1) is 0 Å². The molecule has 0 aliphatic heterocycles. The van der Waals surface area contributed by atoms with E-state index in [1.54, 1.807) is 24.3 Å². The summed E-state index contributed by atoms with van der Waals surface area (Å²) in [7, 11) is 3.72. The molecule has 0 spiro atoms. The predicted molar refractivity (Wildman–Crippen MR) is 64.9 cm³/mol. The first-order chi connectivity index (χ1) is 7.54. The largest absolute Gasteiger partial charge is 0.425 e. The van der Waals surface area contributed by atoms with E-state index in [1.165, 1.54) is 0 Å². The van der Waals surface area contributed by atoms with Crippen molar-refractivity contribution in [3.63, 3.8) is 0 Å². The molecule has 88 valence electrons. The number of hydrogen-bond acceptors (Lipinski definition) is 3. The molecule has 1 aromatic rings. The molecule has 0 fully saturated rings. The lowest BCUT2D eigenvalue weighted by Crippen LogP contribution is -2.38. The molecule has 0 aliphatic rings. The van der Waals surface area contributed by atoms with Crippen LogP contribution in [0.1, 0.15) is 13.3 Å². The van der Waals surface area contributed by atoms with E-state index in [0.29, 0.717) is 10.8 Å². The molecule has 0 N–H and O–H groups in total. The number of ether oxygens (including phenoxy) is 1. The Hall–Kier alpha value is -1.06. The van der Waals surface area contributed by atoms with Crippen molar-refractivity contribution >= 4 is 17.6 Å². The lowest BCUT2D eigenvalue weighted by Gasteiger charge is -2.20. The molecule has 16 heavy (non-hydrogen) atoms. The Morgan fingerprint density at radius 2 is 1.94 bits per heavy atom. The molecule has 1 unspecified atom stereocenters. The average molecular weight is 242 g/mol. The quantitative estimate of drug-likeness (QED) is 0.600. The van der Waals surface area contributed by atoms with Crippen molar-refractivity contribution in [1.29, 1.82) is 0 Å². The van der Waals surface area contributed by atoms with Gasteiger partial charge in [-0.1, -0.05) is 18.5 Å². The van der Waals surface area contributed by atoms with Gasteiger partial charge in [-0.3, -0.25) is 4.90 Å². The highest BCUT2D eigenvalue weighted by molar-refractivity contribution is 6.30. The number of halogens is 1. The van der Waals surface area contributed by atoms with Crippen molar-refractivity contribution in [2.45, 2.75) is 19.4 Å². The van der Waals surface area contributed by atoms with Gasteiger partial charge >= 0.3 is 5.97 Å². The third kappa shape index (κ3) is 3.51. The Balaban J connectivity index is 2.66. The number of rotatable bonds is 4. The molecule has 0 radical (unpaired) electrons. The molecular formula is C12H16ClNO2. The van der Waals surface area contributed by atoms with Crippen LogP contribution in [0.15, 0.2) is 24.3 Å². The molecule has 4 heteroatoms. The van der Waals surface area contributed by atoms with Gasteiger partial charge in [0.25, 0.3) is 0 Å². The van der Waals surface area contributed by atoms with E-state index in [-0.39, 0.29) is 12.0 Å². The summed E-state index contributed by atoms with van der Waals surface area (Å²) in [5, 5.41) is 0.624. The summed E-state index contributed by atoms with van der Waals surface area (Å²) in [5.74, 6) is 0.282. The van der Waals surface area contributed by atoms with Gasteiger partial charge in [-0.15, -0.1) is 0 Å². The fourth-order valence-electron chi connectivity index (χ4n) is 1.43. The summed E-state index contributed by atoms with van der Waals surface area (Å²) >= 11 is 5.74. The van der Waals surface area contributed by atoms with Crippen molar-refractivity contribution < 1.29 is 9.53 Å². The fourth-order valence-corrected chi connectivity index (χ4v) is 1.56. The van der Waals surface area contributed by atoms with Crippen LogP contribution in [0.2, 0.25) is 5.02 Å². The standard InChI is InChI=1S/C12H16ClNO2/c1-4-11(14(2)3)12(15)16-10-7-5-9(13)6-8-10/h5-8,11H,4H2,1-3H3. The monoisotopic (exact) mass is 241 g/mol. The first-order valence-electron chi connectivity index (χ1n) is 5.18. The summed E-state index contributed by atoms with van der Waals surface area (Å²) in [6.45, 7) is 1.95. The van der Waals surface area contributed by atoms with Crippen LogP contribution in [0.5, 0.6) is 5.75 Å². The number of benzene rings is 1. The summed E-state index contributed by atoms with van der Waals surface area (Å²) in [4.78, 5) is 13.6. The predicted octanol–water partition coefficient (Wildman–Crippen LogP) is 2.59. The molecule has 3 nitrogen and oxygen atoms in total. The number of nitrogens with zero attached hydrogens (tertiary/aromatic N) is 1. The van der Waals surface area contributed by atoms with Gasteiger partial charge in [-0.2, -0.15) is 0 Å². The number of carbonyl (C=O) groups excluding carboxylic acids is 1. The number of likely N-dealkylation sites (N-methyl/N-ethyl adjacent to an activating group) is 1. The molecule has 1 aromatic carbocycles. The second kappa shape index (κ2) is 5.87. The van der Waals surface area contributed by atoms with Crippen LogP contribution in [-0.4, -0.2) is 31.0 Å². The second-order valence-electron chi connectivity index (χ2n) is 3.76. The van der Waals surface area contributed by atoms with E-state index >= 15 is 0 Å². The minimum absolute atomic E-state index is 0.212. The third-order valence-corrected chi connectivity index (χ3v) is 2.57. The van der Waals surface area contributed by atoms with Crippen LogP contribution in [0.4, 0.5) is 0 Å². The molecule has 0 amide bonds. The van der Waals surface area contributed by atoms with E-state index in [2.05, 4.69) is 0 Å². The normalized spacial score (nSPS) is 12.6. The van der Waals surface area contributed by atoms with Gasteiger partial charge in [0, 0.05) is 5.02 Å². The lowest BCUT2D eigenvalue weighted by atomic mass is 10.2. The molecule has 0 heterocycles. The third-order valence-electron chi connectivity index (χ3n) is 2.31. The molecule has 0 aromatic heterocycles. The summed E-state index contributed by atoms with van der Waals surface area (Å²) in [6.07, 6.45) is 0.722. The highest BCUT2D eigenvalue weighted by atomic mass is 35.5. The molecule has 0 saturated carbocycles. The van der Waals surface area contributed by atoms with E-state index in [0.717, 1.165) is 6.42 Å². The Morgan fingerprint density at radius 1 is 1.38 bits per heavy atom. The molecular weight excluding hydrogens is 226 g/mol. The molecule has 1 atom stereocenters. The number of carbonyl (C=O) groups is 1. The average Bonchev–Trinajstić information content (AvgIpc) is 2.22. The van der Waals surface area contributed by atoms with E-state index in [4.69, 9.17) is 16.3 Å². The van der Waals surface area contributed by atoms with Gasteiger partial charge in [-0.25, -0.2) is 4.79 Å². The van der Waals surface area contributed by atoms with Gasteiger partial charge in [-0.05, 0) is 44.8 Å². The molecule has 0 bridgehead atoms. The van der Waals surface area contributed by atoms with Crippen LogP contribution in [0.25, 0.3) is 0 Å². The lowest BCUT2D eigenvalue weighted by molar-refractivity contribution is -0.139. The maximum Gasteiger partial charge on any atom is 0.328 e. The van der Waals surface area contributed by atoms with Crippen LogP contribution >= 0.6 is 11.6 Å². The van der Waals surface area contributed by atoms with Gasteiger partial charge in [0.1, 0.15) is 11.8 Å². The van der Waals surface area contributed by atoms with Crippen LogP contribution in [0.3, 0.4) is 0 Å². The second-order valence-corrected chi connectivity index (χ2v) is 4.20. The van der Waals surface area contributed by atoms with Crippen molar-refractivity contribution in [3.8, 4) is 5.75 Å². The number of hydrogen-bond donors (Lipinski definition) is 0. The van der Waals surface area contributed by atoms with E-state index < -0.39 is 0 Å². The zero-order chi connectivity index (χ0) is 12.1. The maximum absolute atomic E-state index is 11.8. The van der Waals surface area contributed by atoms with Gasteiger partial charge in [0.2, 0.25) is 0 Å². The SMILES string of the molecule is CCC(C(=O)Oc1ccc(Cl)cc1)N(C)C. The topological polar surface area (TPSA) is 29.5 Å². The van der Waals surface area contributed by atoms with Crippen LogP contribution < -0.4 is 4.74 Å². The Labute approximate surface area is 101 Å². The van der Waals surface area contributed by atoms with Gasteiger partial charge in [0.05, 0.1) is 0 Å². The Morgan fingerprint density at radius 3 is 2.38 bits per heavy atom. The molecule has 0 aliphatic carbocycles. The van der Waals surface area contributed by atoms with Crippen molar-refractivity contribution in [3.05, 3.63) is 29.3 Å². The van der Waals surface area contributed by atoms with Crippen LogP contribution in [-0.2, 0) is 4.79 Å². The first-order valence-corrected chi connectivity index (χ1v) is 5.56. The van der Waals surface area contributed by atoms with Crippen molar-refractivity contribution in [2.24, 2.45) is 0 Å². The number of esters is 1. The van der Waals surface area contributed by atoms with Gasteiger partial charge in [0.15, 0.2) is 0 Å². The van der Waals surface area contributed by atoms with Crippen molar-refractivity contribution in [1.82, 2.24) is 4.90 Å². The van der Waals surface area contributed by atoms with E-state index in [9.17, 15) is 4.79 Å². The minimum Gasteiger partial charge on any atom is -0.425 e. The zero-order valence-corrected chi connectivity index (χ0v) is 10.5. The molecule has 1 rings (SSSR count). The summed E-state index contributed by atoms with van der Waals surface area (Å²) in [6, 6.07) is 6.54. The summed E-state index contributed by atoms with van der Waals surface area (Å²) < 4.78 is 5.24. The highest BCUT2D eigenvalue weighted by Gasteiger charge is 2.20. The minimum atomic E-state index is -0.241. The zero-order valence-electron chi connectivity index (χ0n) is 9.74. The van der Waals surface area contributed by atoms with Crippen molar-refractivity contribution in [2.75, 3.05) is 14.1 Å². The first kappa shape index (κ1) is 13.0. The van der Waals surface area contributed by atoms with Gasteiger partial charge < -0.3 is 4.74 Å². The molecule has 0 saturated heterocycles. The summed E-state index contributed by atoms with van der Waals surface area (Å²) in [5.41, 5.74) is 0. The van der Waals surface area contributed by atoms with E-state index in [1.807, 2.05) is 25.9 Å². The fraction of sp³-hybridized carbons (Fsp3) is 0.417. The maximum atomic E-state index is 11.8. The highest BCUT2D eigenvalue weighted by Crippen LogP contribution is 2.16.